The zero-order valence-electron chi connectivity index (χ0n) is 12.5. The van der Waals surface area contributed by atoms with Crippen LogP contribution in [-0.4, -0.2) is 35.1 Å². The quantitative estimate of drug-likeness (QED) is 0.498. The van der Waals surface area contributed by atoms with Gasteiger partial charge in [0.05, 0.1) is 0 Å². The summed E-state index contributed by atoms with van der Waals surface area (Å²) in [4.78, 5) is 22.3. The minimum absolute atomic E-state index is 0.0753. The average Bonchev–Trinajstić information content (AvgIpc) is 2.25. The molecule has 112 valence electrons. The Morgan fingerprint density at radius 2 is 2.00 bits per heavy atom. The molecule has 0 aromatic rings. The summed E-state index contributed by atoms with van der Waals surface area (Å²) in [6.45, 7) is 8.18. The SMILES string of the molecule is CSC(C)(C)C[C@H](NC(=O)CCC(C)(C)N)OC=O. The average molecular weight is 290 g/mol. The number of hydrogen-bond acceptors (Lipinski definition) is 5. The minimum Gasteiger partial charge on any atom is -0.444 e. The van der Waals surface area contributed by atoms with Gasteiger partial charge in [-0.3, -0.25) is 9.59 Å². The minimum atomic E-state index is -0.590. The van der Waals surface area contributed by atoms with Crippen molar-refractivity contribution in [2.24, 2.45) is 5.73 Å². The summed E-state index contributed by atoms with van der Waals surface area (Å²) in [5.74, 6) is -0.151. The molecule has 3 N–H and O–H groups in total. The largest absolute Gasteiger partial charge is 0.444 e. The third-order valence-corrected chi connectivity index (χ3v) is 4.04. The van der Waals surface area contributed by atoms with Gasteiger partial charge in [0, 0.05) is 23.1 Å². The van der Waals surface area contributed by atoms with Gasteiger partial charge in [-0.05, 0) is 26.5 Å². The Morgan fingerprint density at radius 3 is 2.42 bits per heavy atom. The van der Waals surface area contributed by atoms with E-state index in [-0.39, 0.29) is 16.2 Å². The number of hydrogen-bond donors (Lipinski definition) is 2. The molecule has 0 aliphatic heterocycles. The second-order valence-corrected chi connectivity index (χ2v) is 7.46. The van der Waals surface area contributed by atoms with Crippen molar-refractivity contribution in [3.63, 3.8) is 0 Å². The normalized spacial score (nSPS) is 13.8. The summed E-state index contributed by atoms with van der Waals surface area (Å²) in [7, 11) is 0. The molecule has 0 aliphatic carbocycles. The number of ether oxygens (including phenoxy) is 1. The fourth-order valence-corrected chi connectivity index (χ4v) is 1.74. The van der Waals surface area contributed by atoms with Crippen molar-refractivity contribution in [3.05, 3.63) is 0 Å². The van der Waals surface area contributed by atoms with Crippen molar-refractivity contribution >= 4 is 24.1 Å². The first-order chi connectivity index (χ1) is 8.59. The lowest BCUT2D eigenvalue weighted by Gasteiger charge is -2.27. The van der Waals surface area contributed by atoms with Crippen molar-refractivity contribution in [2.75, 3.05) is 6.26 Å². The fraction of sp³-hybridized carbons (Fsp3) is 0.846. The van der Waals surface area contributed by atoms with Crippen LogP contribution in [0.3, 0.4) is 0 Å². The molecule has 0 unspecified atom stereocenters. The first-order valence-corrected chi connectivity index (χ1v) is 7.54. The van der Waals surface area contributed by atoms with Gasteiger partial charge in [-0.25, -0.2) is 0 Å². The standard InChI is InChI=1S/C13H26N2O3S/c1-12(2,14)7-6-10(17)15-11(18-9-16)8-13(3,4)19-5/h9,11H,6-8,14H2,1-5H3,(H,15,17)/t11-/m1/s1. The van der Waals surface area contributed by atoms with Gasteiger partial charge >= 0.3 is 0 Å². The third-order valence-electron chi connectivity index (χ3n) is 2.77. The van der Waals surface area contributed by atoms with E-state index in [0.29, 0.717) is 25.7 Å². The summed E-state index contributed by atoms with van der Waals surface area (Å²) in [5, 5.41) is 2.72. The number of nitrogens with two attached hydrogens (primary N) is 1. The van der Waals surface area contributed by atoms with Crippen LogP contribution in [0.2, 0.25) is 0 Å². The van der Waals surface area contributed by atoms with Crippen molar-refractivity contribution in [2.45, 2.75) is 63.5 Å². The van der Waals surface area contributed by atoms with Crippen molar-refractivity contribution in [3.8, 4) is 0 Å². The Kier molecular flexibility index (Phi) is 7.44. The van der Waals surface area contributed by atoms with E-state index in [1.54, 1.807) is 11.8 Å². The maximum Gasteiger partial charge on any atom is 0.295 e. The lowest BCUT2D eigenvalue weighted by atomic mass is 10.00. The Labute approximate surface area is 120 Å². The molecular formula is C13H26N2O3S. The Bertz CT molecular complexity index is 301. The number of carbonyl (C=O) groups excluding carboxylic acids is 2. The maximum atomic E-state index is 11.8. The molecule has 0 aromatic carbocycles. The zero-order valence-corrected chi connectivity index (χ0v) is 13.3. The molecule has 0 spiro atoms. The molecular weight excluding hydrogens is 264 g/mol. The van der Waals surface area contributed by atoms with Crippen molar-refractivity contribution in [1.82, 2.24) is 5.32 Å². The van der Waals surface area contributed by atoms with Gasteiger partial charge in [0.2, 0.25) is 5.91 Å². The first kappa shape index (κ1) is 18.2. The Balaban J connectivity index is 4.34. The van der Waals surface area contributed by atoms with Gasteiger partial charge in [-0.2, -0.15) is 11.8 Å². The van der Waals surface area contributed by atoms with E-state index in [9.17, 15) is 9.59 Å². The molecule has 0 fully saturated rings. The molecule has 0 rings (SSSR count). The molecule has 0 bridgehead atoms. The lowest BCUT2D eigenvalue weighted by molar-refractivity contribution is -0.139. The van der Waals surface area contributed by atoms with Gasteiger partial charge in [0.15, 0.2) is 6.23 Å². The predicted octanol–water partition coefficient (Wildman–Crippen LogP) is 1.65. The molecule has 19 heavy (non-hydrogen) atoms. The second-order valence-electron chi connectivity index (χ2n) is 5.94. The molecule has 5 nitrogen and oxygen atoms in total. The molecule has 0 saturated carbocycles. The highest BCUT2D eigenvalue weighted by Gasteiger charge is 2.25. The van der Waals surface area contributed by atoms with Gasteiger partial charge in [0.1, 0.15) is 0 Å². The van der Waals surface area contributed by atoms with Gasteiger partial charge in [0.25, 0.3) is 6.47 Å². The van der Waals surface area contributed by atoms with Crippen molar-refractivity contribution in [1.29, 1.82) is 0 Å². The Morgan fingerprint density at radius 1 is 1.42 bits per heavy atom. The van der Waals surface area contributed by atoms with Gasteiger partial charge < -0.3 is 15.8 Å². The predicted molar refractivity (Wildman–Crippen MR) is 78.8 cm³/mol. The number of rotatable bonds is 9. The van der Waals surface area contributed by atoms with Crippen LogP contribution in [0.1, 0.15) is 47.0 Å². The highest BCUT2D eigenvalue weighted by atomic mass is 32.2. The van der Waals surface area contributed by atoms with Crippen LogP contribution in [-0.2, 0) is 14.3 Å². The van der Waals surface area contributed by atoms with Gasteiger partial charge in [-0.15, -0.1) is 0 Å². The van der Waals surface area contributed by atoms with E-state index in [1.807, 2.05) is 34.0 Å². The smallest absolute Gasteiger partial charge is 0.295 e. The van der Waals surface area contributed by atoms with E-state index in [1.165, 1.54) is 0 Å². The highest BCUT2D eigenvalue weighted by Crippen LogP contribution is 2.27. The number of carbonyl (C=O) groups is 2. The fourth-order valence-electron chi connectivity index (χ4n) is 1.42. The molecule has 0 saturated heterocycles. The van der Waals surface area contributed by atoms with Gasteiger partial charge in [-0.1, -0.05) is 13.8 Å². The van der Waals surface area contributed by atoms with Crippen LogP contribution in [0, 0.1) is 0 Å². The van der Waals surface area contributed by atoms with E-state index in [4.69, 9.17) is 10.5 Å². The summed E-state index contributed by atoms with van der Waals surface area (Å²) >= 11 is 1.66. The molecule has 1 atom stereocenters. The number of thioether (sulfide) groups is 1. The van der Waals surface area contributed by atoms with E-state index >= 15 is 0 Å². The monoisotopic (exact) mass is 290 g/mol. The number of nitrogens with one attached hydrogen (secondary N) is 1. The Hall–Kier alpha value is -0.750. The van der Waals surface area contributed by atoms with Crippen LogP contribution in [0.5, 0.6) is 0 Å². The summed E-state index contributed by atoms with van der Waals surface area (Å²) in [6, 6.07) is 0. The summed E-state index contributed by atoms with van der Waals surface area (Å²) in [6.07, 6.45) is 2.86. The van der Waals surface area contributed by atoms with Crippen LogP contribution in [0.15, 0.2) is 0 Å². The molecule has 0 radical (unpaired) electrons. The highest BCUT2D eigenvalue weighted by molar-refractivity contribution is 7.99. The summed E-state index contributed by atoms with van der Waals surface area (Å²) < 4.78 is 4.85. The van der Waals surface area contributed by atoms with E-state index in [0.717, 1.165) is 0 Å². The molecule has 0 aliphatic rings. The van der Waals surface area contributed by atoms with Crippen LogP contribution >= 0.6 is 11.8 Å². The molecule has 0 aromatic heterocycles. The second kappa shape index (κ2) is 7.75. The van der Waals surface area contributed by atoms with Crippen LogP contribution < -0.4 is 11.1 Å². The first-order valence-electron chi connectivity index (χ1n) is 6.32. The molecule has 6 heteroatoms. The third kappa shape index (κ3) is 9.78. The molecule has 0 heterocycles. The zero-order chi connectivity index (χ0) is 15.1. The molecule has 1 amide bonds. The van der Waals surface area contributed by atoms with Crippen LogP contribution in [0.4, 0.5) is 0 Å². The van der Waals surface area contributed by atoms with Crippen molar-refractivity contribution < 1.29 is 14.3 Å². The van der Waals surface area contributed by atoms with E-state index < -0.39 is 6.23 Å². The maximum absolute atomic E-state index is 11.8. The number of amides is 1. The summed E-state index contributed by atoms with van der Waals surface area (Å²) in [5.41, 5.74) is 5.45. The lowest BCUT2D eigenvalue weighted by Crippen LogP contribution is -2.42. The van der Waals surface area contributed by atoms with Crippen LogP contribution in [0.25, 0.3) is 0 Å². The topological polar surface area (TPSA) is 81.4 Å². The van der Waals surface area contributed by atoms with E-state index in [2.05, 4.69) is 5.32 Å².